The van der Waals surface area contributed by atoms with Crippen molar-refractivity contribution in [2.24, 2.45) is 0 Å². The maximum absolute atomic E-state index is 12.3. The van der Waals surface area contributed by atoms with Gasteiger partial charge in [0.1, 0.15) is 6.54 Å². The van der Waals surface area contributed by atoms with E-state index in [0.29, 0.717) is 5.69 Å². The van der Waals surface area contributed by atoms with Crippen molar-refractivity contribution in [3.63, 3.8) is 0 Å². The second kappa shape index (κ2) is 7.35. The molecule has 0 aliphatic heterocycles. The average molecular weight is 347 g/mol. The summed E-state index contributed by atoms with van der Waals surface area (Å²) in [5.74, 6) is -0.259. The zero-order valence-electron chi connectivity index (χ0n) is 15.1. The van der Waals surface area contributed by atoms with Gasteiger partial charge in [-0.05, 0) is 38.0 Å². The number of aryl methyl sites for hydroxylation is 3. The van der Waals surface area contributed by atoms with E-state index in [-0.39, 0.29) is 18.0 Å². The van der Waals surface area contributed by atoms with Crippen molar-refractivity contribution in [3.8, 4) is 11.3 Å². The SMILES string of the molecule is Cc1ccc(-c2cc(=O)n(CC(=O)Nc3cc(C)ccc3C)cn2)cc1. The smallest absolute Gasteiger partial charge is 0.254 e. The van der Waals surface area contributed by atoms with Crippen molar-refractivity contribution in [3.05, 3.63) is 81.9 Å². The molecule has 3 rings (SSSR count). The van der Waals surface area contributed by atoms with Gasteiger partial charge in [0.15, 0.2) is 0 Å². The summed E-state index contributed by atoms with van der Waals surface area (Å²) in [6, 6.07) is 15.1. The largest absolute Gasteiger partial charge is 0.324 e. The maximum atomic E-state index is 12.3. The minimum Gasteiger partial charge on any atom is -0.324 e. The highest BCUT2D eigenvalue weighted by atomic mass is 16.2. The first-order valence-electron chi connectivity index (χ1n) is 8.43. The van der Waals surface area contributed by atoms with Crippen molar-refractivity contribution >= 4 is 11.6 Å². The summed E-state index contributed by atoms with van der Waals surface area (Å²) < 4.78 is 1.30. The molecular weight excluding hydrogens is 326 g/mol. The van der Waals surface area contributed by atoms with E-state index in [1.165, 1.54) is 17.0 Å². The van der Waals surface area contributed by atoms with Crippen LogP contribution >= 0.6 is 0 Å². The summed E-state index contributed by atoms with van der Waals surface area (Å²) in [7, 11) is 0. The summed E-state index contributed by atoms with van der Waals surface area (Å²) in [6.07, 6.45) is 1.42. The van der Waals surface area contributed by atoms with Crippen LogP contribution in [-0.4, -0.2) is 15.5 Å². The van der Waals surface area contributed by atoms with Crippen LogP contribution in [0.1, 0.15) is 16.7 Å². The van der Waals surface area contributed by atoms with Gasteiger partial charge in [-0.25, -0.2) is 4.98 Å². The fraction of sp³-hybridized carbons (Fsp3) is 0.190. The van der Waals surface area contributed by atoms with Gasteiger partial charge < -0.3 is 5.32 Å². The molecule has 3 aromatic rings. The zero-order chi connectivity index (χ0) is 18.7. The number of rotatable bonds is 4. The molecule has 1 heterocycles. The second-order valence-corrected chi connectivity index (χ2v) is 6.47. The van der Waals surface area contributed by atoms with Crippen LogP contribution in [0.15, 0.2) is 59.7 Å². The lowest BCUT2D eigenvalue weighted by Gasteiger charge is -2.10. The van der Waals surface area contributed by atoms with Crippen molar-refractivity contribution in [1.82, 2.24) is 9.55 Å². The van der Waals surface area contributed by atoms with E-state index in [9.17, 15) is 9.59 Å². The van der Waals surface area contributed by atoms with E-state index >= 15 is 0 Å². The number of aromatic nitrogens is 2. The monoisotopic (exact) mass is 347 g/mol. The standard InChI is InChI=1S/C21H21N3O2/c1-14-5-8-17(9-6-14)19-11-21(26)24(13-22-19)12-20(25)23-18-10-15(2)4-7-16(18)3/h4-11,13H,12H2,1-3H3,(H,23,25). The Kier molecular flexibility index (Phi) is 4.98. The molecular formula is C21H21N3O2. The Morgan fingerprint density at radius 3 is 2.38 bits per heavy atom. The number of amides is 1. The van der Waals surface area contributed by atoms with Crippen LogP contribution in [0, 0.1) is 20.8 Å². The fourth-order valence-electron chi connectivity index (χ4n) is 2.64. The minimum atomic E-state index is -0.259. The third-order valence-electron chi connectivity index (χ3n) is 4.21. The number of benzene rings is 2. The highest BCUT2D eigenvalue weighted by Gasteiger charge is 2.09. The van der Waals surface area contributed by atoms with E-state index in [1.54, 1.807) is 0 Å². The molecule has 0 bridgehead atoms. The van der Waals surface area contributed by atoms with Crippen LogP contribution < -0.4 is 10.9 Å². The number of anilines is 1. The molecule has 0 saturated heterocycles. The molecule has 0 spiro atoms. The molecule has 2 aromatic carbocycles. The molecule has 1 N–H and O–H groups in total. The minimum absolute atomic E-state index is 0.0760. The first kappa shape index (κ1) is 17.6. The predicted octanol–water partition coefficient (Wildman–Crippen LogP) is 3.47. The number of nitrogens with one attached hydrogen (secondary N) is 1. The van der Waals surface area contributed by atoms with Crippen molar-refractivity contribution < 1.29 is 4.79 Å². The number of carbonyl (C=O) groups is 1. The van der Waals surface area contributed by atoms with Gasteiger partial charge in [-0.2, -0.15) is 0 Å². The highest BCUT2D eigenvalue weighted by Crippen LogP contribution is 2.17. The van der Waals surface area contributed by atoms with Gasteiger partial charge in [0.2, 0.25) is 5.91 Å². The Labute approximate surface area is 152 Å². The first-order valence-corrected chi connectivity index (χ1v) is 8.43. The molecule has 0 aliphatic rings. The predicted molar refractivity (Wildman–Crippen MR) is 103 cm³/mol. The summed E-state index contributed by atoms with van der Waals surface area (Å²) in [6.45, 7) is 5.82. The van der Waals surface area contributed by atoms with Crippen molar-refractivity contribution in [2.45, 2.75) is 27.3 Å². The molecule has 132 valence electrons. The van der Waals surface area contributed by atoms with E-state index in [0.717, 1.165) is 27.9 Å². The van der Waals surface area contributed by atoms with E-state index in [1.807, 2.05) is 63.2 Å². The van der Waals surface area contributed by atoms with Crippen LogP contribution in [-0.2, 0) is 11.3 Å². The molecule has 0 atom stereocenters. The van der Waals surface area contributed by atoms with Crippen LogP contribution in [0.5, 0.6) is 0 Å². The maximum Gasteiger partial charge on any atom is 0.254 e. The normalized spacial score (nSPS) is 10.6. The molecule has 5 nitrogen and oxygen atoms in total. The van der Waals surface area contributed by atoms with Crippen LogP contribution in [0.3, 0.4) is 0 Å². The third-order valence-corrected chi connectivity index (χ3v) is 4.21. The fourth-order valence-corrected chi connectivity index (χ4v) is 2.64. The van der Waals surface area contributed by atoms with E-state index in [4.69, 9.17) is 0 Å². The van der Waals surface area contributed by atoms with E-state index < -0.39 is 0 Å². The van der Waals surface area contributed by atoms with Gasteiger partial charge >= 0.3 is 0 Å². The molecule has 0 unspecified atom stereocenters. The second-order valence-electron chi connectivity index (χ2n) is 6.47. The molecule has 0 saturated carbocycles. The average Bonchev–Trinajstić information content (AvgIpc) is 2.60. The number of carbonyl (C=O) groups excluding carboxylic acids is 1. The van der Waals surface area contributed by atoms with Crippen LogP contribution in [0.2, 0.25) is 0 Å². The lowest BCUT2D eigenvalue weighted by Crippen LogP contribution is -2.27. The summed E-state index contributed by atoms with van der Waals surface area (Å²) >= 11 is 0. The van der Waals surface area contributed by atoms with Gasteiger partial charge in [-0.1, -0.05) is 42.0 Å². The Morgan fingerprint density at radius 1 is 1.00 bits per heavy atom. The highest BCUT2D eigenvalue weighted by molar-refractivity contribution is 5.91. The number of hydrogen-bond donors (Lipinski definition) is 1. The Hall–Kier alpha value is -3.21. The molecule has 1 aromatic heterocycles. The van der Waals surface area contributed by atoms with Gasteiger partial charge in [0.05, 0.1) is 12.0 Å². The first-order chi connectivity index (χ1) is 12.4. The molecule has 0 radical (unpaired) electrons. The summed E-state index contributed by atoms with van der Waals surface area (Å²) in [4.78, 5) is 28.9. The molecule has 5 heteroatoms. The summed E-state index contributed by atoms with van der Waals surface area (Å²) in [5.41, 5.74) is 5.15. The zero-order valence-corrected chi connectivity index (χ0v) is 15.1. The van der Waals surface area contributed by atoms with Gasteiger partial charge in [0, 0.05) is 17.3 Å². The summed E-state index contributed by atoms with van der Waals surface area (Å²) in [5, 5.41) is 2.85. The van der Waals surface area contributed by atoms with Gasteiger partial charge in [-0.3, -0.25) is 14.2 Å². The number of nitrogens with zero attached hydrogens (tertiary/aromatic N) is 2. The lowest BCUT2D eigenvalue weighted by molar-refractivity contribution is -0.116. The Bertz CT molecular complexity index is 1000. The van der Waals surface area contributed by atoms with Crippen molar-refractivity contribution in [2.75, 3.05) is 5.32 Å². The van der Waals surface area contributed by atoms with Crippen LogP contribution in [0.25, 0.3) is 11.3 Å². The lowest BCUT2D eigenvalue weighted by atomic mass is 10.1. The van der Waals surface area contributed by atoms with Gasteiger partial charge in [-0.15, -0.1) is 0 Å². The molecule has 0 aliphatic carbocycles. The van der Waals surface area contributed by atoms with Crippen molar-refractivity contribution in [1.29, 1.82) is 0 Å². The Balaban J connectivity index is 1.75. The van der Waals surface area contributed by atoms with E-state index in [2.05, 4.69) is 10.3 Å². The molecule has 0 fully saturated rings. The Morgan fingerprint density at radius 2 is 1.69 bits per heavy atom. The molecule has 26 heavy (non-hydrogen) atoms. The number of hydrogen-bond acceptors (Lipinski definition) is 3. The van der Waals surface area contributed by atoms with Gasteiger partial charge in [0.25, 0.3) is 5.56 Å². The third kappa shape index (κ3) is 4.06. The molecule has 1 amide bonds. The quantitative estimate of drug-likeness (QED) is 0.786. The van der Waals surface area contributed by atoms with Crippen LogP contribution in [0.4, 0.5) is 5.69 Å². The topological polar surface area (TPSA) is 64.0 Å².